The zero-order valence-corrected chi connectivity index (χ0v) is 9.96. The van der Waals surface area contributed by atoms with E-state index in [1.54, 1.807) is 0 Å². The van der Waals surface area contributed by atoms with E-state index in [4.69, 9.17) is 0 Å². The molecule has 0 radical (unpaired) electrons. The van der Waals surface area contributed by atoms with Crippen LogP contribution in [0.1, 0.15) is 34.1 Å². The highest BCUT2D eigenvalue weighted by Crippen LogP contribution is 2.09. The second kappa shape index (κ2) is 7.31. The van der Waals surface area contributed by atoms with E-state index < -0.39 is 0 Å². The van der Waals surface area contributed by atoms with Crippen LogP contribution in [0.4, 0.5) is 0 Å². The van der Waals surface area contributed by atoms with Crippen molar-refractivity contribution in [3.05, 3.63) is 34.9 Å². The summed E-state index contributed by atoms with van der Waals surface area (Å²) in [5, 5.41) is 0. The highest BCUT2D eigenvalue weighted by atomic mass is 14.6. The molecule has 0 aromatic rings. The summed E-state index contributed by atoms with van der Waals surface area (Å²) in [5.41, 5.74) is 3.88. The van der Waals surface area contributed by atoms with Crippen molar-refractivity contribution in [1.29, 1.82) is 0 Å². The molecule has 0 rings (SSSR count). The largest absolute Gasteiger partial charge is 0.296 e. The van der Waals surface area contributed by atoms with E-state index in [-0.39, 0.29) is 0 Å². The number of nitrogens with zero attached hydrogens (tertiary/aromatic N) is 1. The van der Waals surface area contributed by atoms with Crippen LogP contribution in [0.5, 0.6) is 0 Å². The fourth-order valence-electron chi connectivity index (χ4n) is 1.09. The van der Waals surface area contributed by atoms with Gasteiger partial charge in [0, 0.05) is 13.3 Å². The highest BCUT2D eigenvalue weighted by Gasteiger charge is 1.93. The molecule has 0 aliphatic heterocycles. The van der Waals surface area contributed by atoms with E-state index >= 15 is 0 Å². The molecule has 0 bridgehead atoms. The maximum absolute atomic E-state index is 4.04. The lowest BCUT2D eigenvalue weighted by atomic mass is 10.1. The maximum Gasteiger partial charge on any atom is 0.0277 e. The second-order valence-corrected chi connectivity index (χ2v) is 3.32. The maximum atomic E-state index is 4.04. The molecule has 0 heterocycles. The third-order valence-electron chi connectivity index (χ3n) is 2.22. The summed E-state index contributed by atoms with van der Waals surface area (Å²) in [6, 6.07) is 0. The molecule has 0 aliphatic carbocycles. The first-order chi connectivity index (χ1) is 6.65. The van der Waals surface area contributed by atoms with Gasteiger partial charge >= 0.3 is 0 Å². The Balaban J connectivity index is 4.72. The summed E-state index contributed by atoms with van der Waals surface area (Å²) in [6.07, 6.45) is 9.35. The zero-order chi connectivity index (χ0) is 11.0. The summed E-state index contributed by atoms with van der Waals surface area (Å²) in [6.45, 7) is 8.42. The summed E-state index contributed by atoms with van der Waals surface area (Å²) >= 11 is 0. The van der Waals surface area contributed by atoms with Crippen molar-refractivity contribution in [3.63, 3.8) is 0 Å². The molecular formula is C13H21N. The topological polar surface area (TPSA) is 12.4 Å². The second-order valence-electron chi connectivity index (χ2n) is 3.32. The van der Waals surface area contributed by atoms with Gasteiger partial charge in [-0.1, -0.05) is 30.7 Å². The quantitative estimate of drug-likeness (QED) is 0.471. The first-order valence-corrected chi connectivity index (χ1v) is 5.08. The van der Waals surface area contributed by atoms with E-state index in [1.165, 1.54) is 16.7 Å². The number of aliphatic imine (C=N–C) groups is 1. The molecule has 78 valence electrons. The van der Waals surface area contributed by atoms with E-state index in [2.05, 4.69) is 44.0 Å². The molecule has 0 amide bonds. The monoisotopic (exact) mass is 191 g/mol. The average Bonchev–Trinajstić information content (AvgIpc) is 2.21. The lowest BCUT2D eigenvalue weighted by Crippen LogP contribution is -1.87. The van der Waals surface area contributed by atoms with Crippen molar-refractivity contribution in [2.75, 3.05) is 7.05 Å². The lowest BCUT2D eigenvalue weighted by Gasteiger charge is -2.00. The molecule has 0 aromatic carbocycles. The number of hydrogen-bond acceptors (Lipinski definition) is 1. The van der Waals surface area contributed by atoms with E-state index in [0.717, 1.165) is 6.42 Å². The molecule has 1 heteroatoms. The molecule has 0 saturated carbocycles. The van der Waals surface area contributed by atoms with Gasteiger partial charge in [0.1, 0.15) is 0 Å². The SMILES string of the molecule is C/C=C(C)/C=C\C(C)=C(\C=NC)CC. The van der Waals surface area contributed by atoms with Crippen LogP contribution in [0.25, 0.3) is 0 Å². The van der Waals surface area contributed by atoms with Gasteiger partial charge in [-0.15, -0.1) is 0 Å². The Morgan fingerprint density at radius 3 is 2.29 bits per heavy atom. The molecule has 0 atom stereocenters. The van der Waals surface area contributed by atoms with Crippen LogP contribution in [0, 0.1) is 0 Å². The fourth-order valence-corrected chi connectivity index (χ4v) is 1.09. The Morgan fingerprint density at radius 2 is 1.86 bits per heavy atom. The van der Waals surface area contributed by atoms with Crippen LogP contribution >= 0.6 is 0 Å². The van der Waals surface area contributed by atoms with Gasteiger partial charge in [-0.05, 0) is 38.3 Å². The highest BCUT2D eigenvalue weighted by molar-refractivity contribution is 5.80. The van der Waals surface area contributed by atoms with Crippen molar-refractivity contribution in [3.8, 4) is 0 Å². The summed E-state index contributed by atoms with van der Waals surface area (Å²) < 4.78 is 0. The third-order valence-corrected chi connectivity index (χ3v) is 2.22. The Labute approximate surface area is 87.9 Å². The van der Waals surface area contributed by atoms with Gasteiger partial charge in [0.25, 0.3) is 0 Å². The lowest BCUT2D eigenvalue weighted by molar-refractivity contribution is 1.15. The molecule has 0 aromatic heterocycles. The summed E-state index contributed by atoms with van der Waals surface area (Å²) in [5.74, 6) is 0. The molecule has 0 unspecified atom stereocenters. The van der Waals surface area contributed by atoms with Crippen LogP contribution in [0.2, 0.25) is 0 Å². The molecule has 0 fully saturated rings. The van der Waals surface area contributed by atoms with Gasteiger partial charge in [-0.25, -0.2) is 0 Å². The van der Waals surface area contributed by atoms with Crippen molar-refractivity contribution in [2.24, 2.45) is 4.99 Å². The molecular weight excluding hydrogens is 170 g/mol. The molecule has 0 saturated heterocycles. The van der Waals surface area contributed by atoms with Crippen LogP contribution in [0.3, 0.4) is 0 Å². The summed E-state index contributed by atoms with van der Waals surface area (Å²) in [4.78, 5) is 4.04. The Bertz CT molecular complexity index is 278. The van der Waals surface area contributed by atoms with E-state index in [9.17, 15) is 0 Å². The predicted molar refractivity (Wildman–Crippen MR) is 66.0 cm³/mol. The van der Waals surface area contributed by atoms with Gasteiger partial charge in [-0.2, -0.15) is 0 Å². The van der Waals surface area contributed by atoms with Gasteiger partial charge in [0.15, 0.2) is 0 Å². The predicted octanol–water partition coefficient (Wildman–Crippen LogP) is 3.94. The van der Waals surface area contributed by atoms with Crippen molar-refractivity contribution >= 4 is 6.21 Å². The average molecular weight is 191 g/mol. The first-order valence-electron chi connectivity index (χ1n) is 5.08. The number of allylic oxidation sites excluding steroid dienone is 6. The first kappa shape index (κ1) is 12.9. The van der Waals surface area contributed by atoms with Gasteiger partial charge < -0.3 is 0 Å². The molecule has 1 nitrogen and oxygen atoms in total. The number of rotatable bonds is 4. The standard InChI is InChI=1S/C13H21N/c1-6-11(3)8-9-12(4)13(7-2)10-14-5/h6,8-10H,7H2,1-5H3/b9-8-,11-6+,13-12+,14-10?. The summed E-state index contributed by atoms with van der Waals surface area (Å²) in [7, 11) is 1.81. The minimum Gasteiger partial charge on any atom is -0.296 e. The van der Waals surface area contributed by atoms with Gasteiger partial charge in [0.05, 0.1) is 0 Å². The minimum absolute atomic E-state index is 1.03. The molecule has 0 spiro atoms. The zero-order valence-electron chi connectivity index (χ0n) is 9.96. The van der Waals surface area contributed by atoms with Crippen molar-refractivity contribution in [2.45, 2.75) is 34.1 Å². The van der Waals surface area contributed by atoms with E-state index in [0.29, 0.717) is 0 Å². The number of hydrogen-bond donors (Lipinski definition) is 0. The fraction of sp³-hybridized carbons (Fsp3) is 0.462. The molecule has 0 aliphatic rings. The molecule has 14 heavy (non-hydrogen) atoms. The van der Waals surface area contributed by atoms with Crippen LogP contribution < -0.4 is 0 Å². The third kappa shape index (κ3) is 4.80. The molecule has 0 N–H and O–H groups in total. The van der Waals surface area contributed by atoms with Crippen LogP contribution in [0.15, 0.2) is 39.9 Å². The Morgan fingerprint density at radius 1 is 1.21 bits per heavy atom. The smallest absolute Gasteiger partial charge is 0.0277 e. The van der Waals surface area contributed by atoms with Gasteiger partial charge in [-0.3, -0.25) is 4.99 Å². The van der Waals surface area contributed by atoms with Crippen LogP contribution in [-0.2, 0) is 0 Å². The Kier molecular flexibility index (Phi) is 6.73. The minimum atomic E-state index is 1.03. The Hall–Kier alpha value is -1.11. The normalized spacial score (nSPS) is 15.4. The van der Waals surface area contributed by atoms with E-state index in [1.807, 2.05) is 20.2 Å². The van der Waals surface area contributed by atoms with Crippen molar-refractivity contribution < 1.29 is 0 Å². The van der Waals surface area contributed by atoms with Crippen molar-refractivity contribution in [1.82, 2.24) is 0 Å². The van der Waals surface area contributed by atoms with Crippen LogP contribution in [-0.4, -0.2) is 13.3 Å². The van der Waals surface area contributed by atoms with Gasteiger partial charge in [0.2, 0.25) is 0 Å².